The molecule has 1 rings (SSSR count). The van der Waals surface area contributed by atoms with E-state index in [0.717, 1.165) is 36.0 Å². The van der Waals surface area contributed by atoms with Gasteiger partial charge in [0.05, 0.1) is 0 Å². The molecule has 0 aliphatic heterocycles. The quantitative estimate of drug-likeness (QED) is 0.430. The molecular formula is C12H21N3S. The predicted molar refractivity (Wildman–Crippen MR) is 69.7 cm³/mol. The molecule has 0 aromatic carbocycles. The average Bonchev–Trinajstić information content (AvgIpc) is 2.32. The van der Waals surface area contributed by atoms with Gasteiger partial charge in [-0.05, 0) is 19.4 Å². The summed E-state index contributed by atoms with van der Waals surface area (Å²) in [6, 6.07) is 0. The van der Waals surface area contributed by atoms with Crippen LogP contribution in [0, 0.1) is 0 Å². The van der Waals surface area contributed by atoms with E-state index in [4.69, 9.17) is 0 Å². The molecule has 0 aliphatic rings. The number of hydrogen-bond donors (Lipinski definition) is 1. The van der Waals surface area contributed by atoms with Gasteiger partial charge >= 0.3 is 0 Å². The van der Waals surface area contributed by atoms with Gasteiger partial charge in [-0.2, -0.15) is 0 Å². The van der Waals surface area contributed by atoms with Crippen molar-refractivity contribution in [1.29, 1.82) is 0 Å². The molecule has 0 saturated heterocycles. The first-order valence-electron chi connectivity index (χ1n) is 6.01. The summed E-state index contributed by atoms with van der Waals surface area (Å²) >= 11 is 1.74. The first kappa shape index (κ1) is 13.5. The number of aromatic nitrogens is 2. The van der Waals surface area contributed by atoms with Crippen LogP contribution in [0.15, 0.2) is 17.6 Å². The van der Waals surface area contributed by atoms with Gasteiger partial charge in [0.25, 0.3) is 0 Å². The third kappa shape index (κ3) is 5.47. The van der Waals surface area contributed by atoms with Crippen LogP contribution in [0.25, 0.3) is 0 Å². The lowest BCUT2D eigenvalue weighted by atomic mass is 10.3. The normalized spacial score (nSPS) is 10.6. The van der Waals surface area contributed by atoms with E-state index in [-0.39, 0.29) is 0 Å². The van der Waals surface area contributed by atoms with Crippen molar-refractivity contribution in [3.63, 3.8) is 0 Å². The molecule has 0 aliphatic carbocycles. The molecule has 16 heavy (non-hydrogen) atoms. The summed E-state index contributed by atoms with van der Waals surface area (Å²) in [5, 5.41) is 4.23. The molecule has 0 spiro atoms. The minimum Gasteiger partial charge on any atom is -0.313 e. The Labute approximate surface area is 102 Å². The lowest BCUT2D eigenvalue weighted by Crippen LogP contribution is -2.14. The Hall–Kier alpha value is -0.610. The second-order valence-corrected chi connectivity index (χ2v) is 4.81. The third-order valence-electron chi connectivity index (χ3n) is 2.17. The second kappa shape index (κ2) is 8.53. The topological polar surface area (TPSA) is 37.8 Å². The Bertz CT molecular complexity index is 245. The molecule has 0 radical (unpaired) electrons. The molecule has 0 bridgehead atoms. The summed E-state index contributed by atoms with van der Waals surface area (Å²) in [7, 11) is 0. The van der Waals surface area contributed by atoms with Crippen LogP contribution < -0.4 is 5.32 Å². The largest absolute Gasteiger partial charge is 0.313 e. The van der Waals surface area contributed by atoms with E-state index in [0.29, 0.717) is 0 Å². The van der Waals surface area contributed by atoms with Gasteiger partial charge in [0.2, 0.25) is 0 Å². The first-order chi connectivity index (χ1) is 7.86. The van der Waals surface area contributed by atoms with Crippen LogP contribution in [0.4, 0.5) is 0 Å². The Morgan fingerprint density at radius 2 is 1.94 bits per heavy atom. The van der Waals surface area contributed by atoms with E-state index in [1.54, 1.807) is 11.8 Å². The zero-order valence-corrected chi connectivity index (χ0v) is 11.0. The molecule has 0 atom stereocenters. The maximum atomic E-state index is 4.34. The highest BCUT2D eigenvalue weighted by molar-refractivity contribution is 7.99. The fourth-order valence-corrected chi connectivity index (χ4v) is 2.10. The van der Waals surface area contributed by atoms with Gasteiger partial charge in [-0.3, -0.25) is 0 Å². The molecule has 90 valence electrons. The second-order valence-electron chi connectivity index (χ2n) is 3.75. The highest BCUT2D eigenvalue weighted by Crippen LogP contribution is 2.13. The summed E-state index contributed by atoms with van der Waals surface area (Å²) in [6.07, 6.45) is 7.46. The van der Waals surface area contributed by atoms with Crippen molar-refractivity contribution in [3.05, 3.63) is 18.0 Å². The molecule has 1 aromatic rings. The summed E-state index contributed by atoms with van der Waals surface area (Å²) in [5.41, 5.74) is 1.16. The number of nitrogens with zero attached hydrogens (tertiary/aromatic N) is 2. The SMILES string of the molecule is CCCCSc1ncc(CNCCC)cn1. The Kier molecular flexibility index (Phi) is 7.17. The van der Waals surface area contributed by atoms with Crippen LogP contribution in [-0.4, -0.2) is 22.3 Å². The lowest BCUT2D eigenvalue weighted by molar-refractivity contribution is 0.669. The third-order valence-corrected chi connectivity index (χ3v) is 3.13. The van der Waals surface area contributed by atoms with E-state index >= 15 is 0 Å². The number of nitrogens with one attached hydrogen (secondary N) is 1. The Balaban J connectivity index is 2.30. The van der Waals surface area contributed by atoms with Crippen LogP contribution in [0.2, 0.25) is 0 Å². The Morgan fingerprint density at radius 1 is 1.19 bits per heavy atom. The van der Waals surface area contributed by atoms with Crippen molar-refractivity contribution >= 4 is 11.8 Å². The van der Waals surface area contributed by atoms with Gasteiger partial charge in [0.1, 0.15) is 0 Å². The summed E-state index contributed by atoms with van der Waals surface area (Å²) in [5.74, 6) is 1.12. The van der Waals surface area contributed by atoms with E-state index < -0.39 is 0 Å². The van der Waals surface area contributed by atoms with Crippen molar-refractivity contribution in [3.8, 4) is 0 Å². The van der Waals surface area contributed by atoms with E-state index in [1.165, 1.54) is 12.8 Å². The van der Waals surface area contributed by atoms with Crippen LogP contribution >= 0.6 is 11.8 Å². The standard InChI is InChI=1S/C12H21N3S/c1-3-5-7-16-12-14-9-11(10-15-12)8-13-6-4-2/h9-10,13H,3-8H2,1-2H3. The fourth-order valence-electron chi connectivity index (χ4n) is 1.23. The van der Waals surface area contributed by atoms with Crippen LogP contribution in [0.5, 0.6) is 0 Å². The molecule has 0 amide bonds. The zero-order chi connectivity index (χ0) is 11.6. The molecular weight excluding hydrogens is 218 g/mol. The average molecular weight is 239 g/mol. The van der Waals surface area contributed by atoms with E-state index in [9.17, 15) is 0 Å². The minimum atomic E-state index is 0.869. The molecule has 0 fully saturated rings. The highest BCUT2D eigenvalue weighted by Gasteiger charge is 1.98. The fraction of sp³-hybridized carbons (Fsp3) is 0.667. The Morgan fingerprint density at radius 3 is 2.56 bits per heavy atom. The van der Waals surface area contributed by atoms with Crippen molar-refractivity contribution in [2.45, 2.75) is 44.8 Å². The van der Waals surface area contributed by atoms with Crippen LogP contribution in [-0.2, 0) is 6.54 Å². The smallest absolute Gasteiger partial charge is 0.187 e. The van der Waals surface area contributed by atoms with Gasteiger partial charge in [-0.1, -0.05) is 32.0 Å². The van der Waals surface area contributed by atoms with Crippen LogP contribution in [0.1, 0.15) is 38.7 Å². The summed E-state index contributed by atoms with van der Waals surface area (Å²) in [6.45, 7) is 6.28. The van der Waals surface area contributed by atoms with Crippen molar-refractivity contribution < 1.29 is 0 Å². The lowest BCUT2D eigenvalue weighted by Gasteiger charge is -2.03. The molecule has 1 heterocycles. The van der Waals surface area contributed by atoms with Gasteiger partial charge in [-0.25, -0.2) is 9.97 Å². The number of rotatable bonds is 8. The molecule has 0 unspecified atom stereocenters. The highest BCUT2D eigenvalue weighted by atomic mass is 32.2. The molecule has 4 heteroatoms. The van der Waals surface area contributed by atoms with Crippen LogP contribution in [0.3, 0.4) is 0 Å². The summed E-state index contributed by atoms with van der Waals surface area (Å²) < 4.78 is 0. The monoisotopic (exact) mass is 239 g/mol. The zero-order valence-electron chi connectivity index (χ0n) is 10.2. The van der Waals surface area contributed by atoms with Gasteiger partial charge in [-0.15, -0.1) is 0 Å². The molecule has 0 saturated carbocycles. The number of thioether (sulfide) groups is 1. The molecule has 1 N–H and O–H groups in total. The number of unbranched alkanes of at least 4 members (excludes halogenated alkanes) is 1. The van der Waals surface area contributed by atoms with Crippen molar-refractivity contribution in [1.82, 2.24) is 15.3 Å². The van der Waals surface area contributed by atoms with E-state index in [2.05, 4.69) is 29.1 Å². The van der Waals surface area contributed by atoms with Gasteiger partial charge < -0.3 is 5.32 Å². The maximum Gasteiger partial charge on any atom is 0.187 e. The summed E-state index contributed by atoms with van der Waals surface area (Å²) in [4.78, 5) is 8.68. The van der Waals surface area contributed by atoms with Gasteiger partial charge in [0, 0.05) is 30.3 Å². The number of hydrogen-bond acceptors (Lipinski definition) is 4. The maximum absolute atomic E-state index is 4.34. The molecule has 3 nitrogen and oxygen atoms in total. The first-order valence-corrected chi connectivity index (χ1v) is 6.99. The van der Waals surface area contributed by atoms with E-state index in [1.807, 2.05) is 12.4 Å². The van der Waals surface area contributed by atoms with Gasteiger partial charge in [0.15, 0.2) is 5.16 Å². The minimum absolute atomic E-state index is 0.869. The molecule has 1 aromatic heterocycles. The predicted octanol–water partition coefficient (Wildman–Crippen LogP) is 2.87. The van der Waals surface area contributed by atoms with Crippen molar-refractivity contribution in [2.24, 2.45) is 0 Å². The van der Waals surface area contributed by atoms with Crippen molar-refractivity contribution in [2.75, 3.05) is 12.3 Å².